The Morgan fingerprint density at radius 3 is 2.14 bits per heavy atom. The first-order valence-electron chi connectivity index (χ1n) is 8.61. The van der Waals surface area contributed by atoms with Crippen LogP contribution in [0.2, 0.25) is 0 Å². The molecular weight excluding hydrogens is 367 g/mol. The van der Waals surface area contributed by atoms with E-state index in [1.54, 1.807) is 0 Å². The fraction of sp³-hybridized carbons (Fsp3) is 0.700. The SMILES string of the molecule is CCCC/C=C/C#CC#CCCCCCCCCCCI. The molecule has 1 heteroatoms. The summed E-state index contributed by atoms with van der Waals surface area (Å²) in [7, 11) is 0. The summed E-state index contributed by atoms with van der Waals surface area (Å²) >= 11 is 2.46. The number of alkyl halides is 1. The van der Waals surface area contributed by atoms with Crippen LogP contribution in [0.3, 0.4) is 0 Å². The second-order valence-corrected chi connectivity index (χ2v) is 6.46. The Hall–Kier alpha value is -0.410. The van der Waals surface area contributed by atoms with Crippen LogP contribution in [0, 0.1) is 23.7 Å². The Morgan fingerprint density at radius 2 is 1.48 bits per heavy atom. The van der Waals surface area contributed by atoms with Crippen molar-refractivity contribution in [2.75, 3.05) is 4.43 Å². The van der Waals surface area contributed by atoms with E-state index >= 15 is 0 Å². The van der Waals surface area contributed by atoms with Crippen molar-refractivity contribution in [3.05, 3.63) is 12.2 Å². The van der Waals surface area contributed by atoms with Gasteiger partial charge in [0, 0.05) is 6.42 Å². The van der Waals surface area contributed by atoms with E-state index < -0.39 is 0 Å². The van der Waals surface area contributed by atoms with E-state index in [9.17, 15) is 0 Å². The molecular formula is C20H31I. The Bertz CT molecular complexity index is 346. The third kappa shape index (κ3) is 19.6. The molecule has 0 aromatic carbocycles. The van der Waals surface area contributed by atoms with Gasteiger partial charge in [0.1, 0.15) is 0 Å². The lowest BCUT2D eigenvalue weighted by molar-refractivity contribution is 0.581. The number of hydrogen-bond acceptors (Lipinski definition) is 0. The van der Waals surface area contributed by atoms with Gasteiger partial charge in [-0.1, -0.05) is 98.8 Å². The highest BCUT2D eigenvalue weighted by Gasteiger charge is 1.91. The average molecular weight is 398 g/mol. The van der Waals surface area contributed by atoms with Gasteiger partial charge < -0.3 is 0 Å². The van der Waals surface area contributed by atoms with Crippen molar-refractivity contribution in [2.45, 2.75) is 84.0 Å². The zero-order chi connectivity index (χ0) is 15.4. The van der Waals surface area contributed by atoms with Crippen LogP contribution in [0.15, 0.2) is 12.2 Å². The Balaban J connectivity index is 3.30. The van der Waals surface area contributed by atoms with E-state index in [1.807, 2.05) is 6.08 Å². The normalized spacial score (nSPS) is 10.0. The predicted molar refractivity (Wildman–Crippen MR) is 105 cm³/mol. The molecule has 0 saturated heterocycles. The van der Waals surface area contributed by atoms with Crippen molar-refractivity contribution in [2.24, 2.45) is 0 Å². The molecule has 0 N–H and O–H groups in total. The predicted octanol–water partition coefficient (Wildman–Crippen LogP) is 6.69. The van der Waals surface area contributed by atoms with E-state index in [4.69, 9.17) is 0 Å². The van der Waals surface area contributed by atoms with Crippen LogP contribution in [0.1, 0.15) is 84.0 Å². The van der Waals surface area contributed by atoms with Gasteiger partial charge in [-0.3, -0.25) is 0 Å². The molecule has 0 radical (unpaired) electrons. The topological polar surface area (TPSA) is 0 Å². The lowest BCUT2D eigenvalue weighted by atomic mass is 10.1. The van der Waals surface area contributed by atoms with Crippen molar-refractivity contribution >= 4 is 22.6 Å². The van der Waals surface area contributed by atoms with Gasteiger partial charge in [0.05, 0.1) is 0 Å². The maximum Gasteiger partial charge on any atom is 0.00989 e. The van der Waals surface area contributed by atoms with Gasteiger partial charge in [-0.15, -0.1) is 0 Å². The fourth-order valence-corrected chi connectivity index (χ4v) is 2.56. The second kappa shape index (κ2) is 19.6. The highest BCUT2D eigenvalue weighted by molar-refractivity contribution is 14.1. The number of unbranched alkanes of at least 4 members (excludes halogenated alkanes) is 10. The van der Waals surface area contributed by atoms with Crippen molar-refractivity contribution in [3.63, 3.8) is 0 Å². The summed E-state index contributed by atoms with van der Waals surface area (Å²) in [4.78, 5) is 0. The molecule has 118 valence electrons. The molecule has 0 aliphatic carbocycles. The maximum atomic E-state index is 3.15. The van der Waals surface area contributed by atoms with Crippen LogP contribution in [0.5, 0.6) is 0 Å². The van der Waals surface area contributed by atoms with Gasteiger partial charge in [0.25, 0.3) is 0 Å². The summed E-state index contributed by atoms with van der Waals surface area (Å²) in [6.45, 7) is 2.21. The molecule has 0 atom stereocenters. The third-order valence-corrected chi connectivity index (χ3v) is 4.10. The van der Waals surface area contributed by atoms with Crippen LogP contribution in [-0.4, -0.2) is 4.43 Å². The summed E-state index contributed by atoms with van der Waals surface area (Å²) in [5, 5.41) is 0. The van der Waals surface area contributed by atoms with Crippen molar-refractivity contribution in [3.8, 4) is 23.7 Å². The molecule has 0 fully saturated rings. The van der Waals surface area contributed by atoms with Gasteiger partial charge in [-0.2, -0.15) is 0 Å². The minimum absolute atomic E-state index is 1.00. The minimum atomic E-state index is 1.00. The number of hydrogen-bond donors (Lipinski definition) is 0. The van der Waals surface area contributed by atoms with Crippen LogP contribution in [0.4, 0.5) is 0 Å². The Labute approximate surface area is 146 Å². The van der Waals surface area contributed by atoms with Crippen LogP contribution < -0.4 is 0 Å². The quantitative estimate of drug-likeness (QED) is 0.149. The monoisotopic (exact) mass is 398 g/mol. The average Bonchev–Trinajstić information content (AvgIpc) is 2.50. The molecule has 0 unspecified atom stereocenters. The molecule has 21 heavy (non-hydrogen) atoms. The van der Waals surface area contributed by atoms with Crippen molar-refractivity contribution in [1.82, 2.24) is 0 Å². The molecule has 0 rings (SSSR count). The number of allylic oxidation sites excluding steroid dienone is 2. The first-order valence-corrected chi connectivity index (χ1v) is 10.1. The number of halogens is 1. The minimum Gasteiger partial charge on any atom is -0.0891 e. The van der Waals surface area contributed by atoms with Gasteiger partial charge in [-0.05, 0) is 41.6 Å². The summed E-state index contributed by atoms with van der Waals surface area (Å²) in [5.41, 5.74) is 0. The standard InChI is InChI=1S/C20H31I/c1-2-3-4-5-6-7-8-9-10-11-12-13-14-15-16-17-18-19-20-21/h5-6H,2-4,11-20H2,1H3/b6-5+. The summed E-state index contributed by atoms with van der Waals surface area (Å²) in [5.74, 6) is 12.0. The van der Waals surface area contributed by atoms with Gasteiger partial charge in [0.2, 0.25) is 0 Å². The van der Waals surface area contributed by atoms with Crippen LogP contribution in [-0.2, 0) is 0 Å². The Kier molecular flexibility index (Phi) is 19.2. The largest absolute Gasteiger partial charge is 0.0891 e. The van der Waals surface area contributed by atoms with Crippen molar-refractivity contribution in [1.29, 1.82) is 0 Å². The molecule has 0 aromatic heterocycles. The van der Waals surface area contributed by atoms with Crippen LogP contribution >= 0.6 is 22.6 Å². The van der Waals surface area contributed by atoms with E-state index in [0.717, 1.165) is 12.8 Å². The first-order chi connectivity index (χ1) is 10.4. The smallest absolute Gasteiger partial charge is 0.00989 e. The molecule has 0 nitrogen and oxygen atoms in total. The molecule has 0 amide bonds. The van der Waals surface area contributed by atoms with E-state index in [-0.39, 0.29) is 0 Å². The highest BCUT2D eigenvalue weighted by Crippen LogP contribution is 2.09. The number of rotatable bonds is 12. The van der Waals surface area contributed by atoms with Gasteiger partial charge in [0.15, 0.2) is 0 Å². The molecule has 0 saturated carbocycles. The summed E-state index contributed by atoms with van der Waals surface area (Å²) in [6, 6.07) is 0. The fourth-order valence-electron chi connectivity index (χ4n) is 2.02. The Morgan fingerprint density at radius 1 is 0.810 bits per heavy atom. The van der Waals surface area contributed by atoms with Gasteiger partial charge in [-0.25, -0.2) is 0 Å². The van der Waals surface area contributed by atoms with Crippen molar-refractivity contribution < 1.29 is 0 Å². The summed E-state index contributed by atoms with van der Waals surface area (Å²) < 4.78 is 1.31. The summed E-state index contributed by atoms with van der Waals surface area (Å²) in [6.07, 6.45) is 19.7. The van der Waals surface area contributed by atoms with E-state index in [0.29, 0.717) is 0 Å². The highest BCUT2D eigenvalue weighted by atomic mass is 127. The molecule has 0 aliphatic heterocycles. The van der Waals surface area contributed by atoms with E-state index in [2.05, 4.69) is 59.3 Å². The van der Waals surface area contributed by atoms with Gasteiger partial charge >= 0.3 is 0 Å². The third-order valence-electron chi connectivity index (χ3n) is 3.33. The second-order valence-electron chi connectivity index (χ2n) is 5.38. The maximum absolute atomic E-state index is 3.15. The zero-order valence-electron chi connectivity index (χ0n) is 13.7. The molecule has 0 aromatic rings. The lowest BCUT2D eigenvalue weighted by Crippen LogP contribution is -1.81. The zero-order valence-corrected chi connectivity index (χ0v) is 15.9. The molecule has 0 heterocycles. The molecule has 0 spiro atoms. The van der Waals surface area contributed by atoms with E-state index in [1.165, 1.54) is 68.6 Å². The lowest BCUT2D eigenvalue weighted by Gasteiger charge is -1.99. The molecule has 0 bridgehead atoms. The van der Waals surface area contributed by atoms with Crippen LogP contribution in [0.25, 0.3) is 0 Å². The molecule has 0 aliphatic rings. The first kappa shape index (κ1) is 20.6.